The van der Waals surface area contributed by atoms with E-state index in [4.69, 9.17) is 9.84 Å². The highest BCUT2D eigenvalue weighted by Crippen LogP contribution is 2.34. The minimum atomic E-state index is -0.783. The van der Waals surface area contributed by atoms with Crippen LogP contribution in [0.3, 0.4) is 0 Å². The molecule has 0 saturated carbocycles. The molecule has 0 unspecified atom stereocenters. The van der Waals surface area contributed by atoms with Gasteiger partial charge in [0.1, 0.15) is 5.75 Å². The Kier molecular flexibility index (Phi) is 5.03. The standard InChI is InChI=1S/C22H22O3/c1-15(2)25-21-11-7-16(8-12-22(23)24)13-20(21)19-10-9-17-5-3-4-6-18(17)14-19/h3-7,9-11,13-15H,8,12H2,1-2H3,(H,23,24). The summed E-state index contributed by atoms with van der Waals surface area (Å²) < 4.78 is 5.98. The van der Waals surface area contributed by atoms with Crippen molar-refractivity contribution in [1.29, 1.82) is 0 Å². The van der Waals surface area contributed by atoms with E-state index in [9.17, 15) is 4.79 Å². The van der Waals surface area contributed by atoms with Gasteiger partial charge in [-0.1, -0.05) is 42.5 Å². The number of ether oxygens (including phenoxy) is 1. The molecular weight excluding hydrogens is 312 g/mol. The average Bonchev–Trinajstić information content (AvgIpc) is 2.60. The first kappa shape index (κ1) is 17.0. The Morgan fingerprint density at radius 2 is 1.76 bits per heavy atom. The van der Waals surface area contributed by atoms with Crippen LogP contribution >= 0.6 is 0 Å². The predicted molar refractivity (Wildman–Crippen MR) is 101 cm³/mol. The van der Waals surface area contributed by atoms with Crippen molar-refractivity contribution in [2.45, 2.75) is 32.8 Å². The van der Waals surface area contributed by atoms with Crippen LogP contribution in [0.4, 0.5) is 0 Å². The predicted octanol–water partition coefficient (Wildman–Crippen LogP) is 5.31. The van der Waals surface area contributed by atoms with Crippen molar-refractivity contribution in [3.05, 3.63) is 66.2 Å². The summed E-state index contributed by atoms with van der Waals surface area (Å²) in [6, 6.07) is 20.5. The zero-order valence-electron chi connectivity index (χ0n) is 14.5. The zero-order chi connectivity index (χ0) is 17.8. The van der Waals surface area contributed by atoms with Crippen LogP contribution in [0.2, 0.25) is 0 Å². The number of aryl methyl sites for hydroxylation is 1. The molecule has 3 nitrogen and oxygen atoms in total. The maximum Gasteiger partial charge on any atom is 0.303 e. The van der Waals surface area contributed by atoms with E-state index >= 15 is 0 Å². The first-order valence-electron chi connectivity index (χ1n) is 8.53. The van der Waals surface area contributed by atoms with Gasteiger partial charge in [-0.3, -0.25) is 4.79 Å². The molecule has 0 amide bonds. The van der Waals surface area contributed by atoms with Crippen molar-refractivity contribution >= 4 is 16.7 Å². The Morgan fingerprint density at radius 3 is 2.48 bits per heavy atom. The quantitative estimate of drug-likeness (QED) is 0.664. The molecular formula is C22H22O3. The number of aliphatic carboxylic acids is 1. The summed E-state index contributed by atoms with van der Waals surface area (Å²) in [7, 11) is 0. The molecule has 1 N–H and O–H groups in total. The van der Waals surface area contributed by atoms with Crippen LogP contribution in [0.25, 0.3) is 21.9 Å². The number of fused-ring (bicyclic) bond motifs is 1. The van der Waals surface area contributed by atoms with E-state index in [1.807, 2.05) is 44.2 Å². The van der Waals surface area contributed by atoms with Gasteiger partial charge in [0.2, 0.25) is 0 Å². The second-order valence-electron chi connectivity index (χ2n) is 6.45. The lowest BCUT2D eigenvalue weighted by Gasteiger charge is -2.16. The smallest absolute Gasteiger partial charge is 0.303 e. The van der Waals surface area contributed by atoms with Gasteiger partial charge in [-0.05, 0) is 60.4 Å². The summed E-state index contributed by atoms with van der Waals surface area (Å²) in [5, 5.41) is 11.3. The van der Waals surface area contributed by atoms with Gasteiger partial charge in [0.25, 0.3) is 0 Å². The summed E-state index contributed by atoms with van der Waals surface area (Å²) >= 11 is 0. The van der Waals surface area contributed by atoms with Crippen LogP contribution < -0.4 is 4.74 Å². The van der Waals surface area contributed by atoms with E-state index < -0.39 is 5.97 Å². The number of benzene rings is 3. The van der Waals surface area contributed by atoms with Crippen LogP contribution in [-0.2, 0) is 11.2 Å². The second-order valence-corrected chi connectivity index (χ2v) is 6.45. The Hall–Kier alpha value is -2.81. The van der Waals surface area contributed by atoms with Crippen LogP contribution in [0, 0.1) is 0 Å². The molecule has 0 heterocycles. The lowest BCUT2D eigenvalue weighted by molar-refractivity contribution is -0.136. The van der Waals surface area contributed by atoms with Gasteiger partial charge in [0, 0.05) is 12.0 Å². The number of rotatable bonds is 6. The zero-order valence-corrected chi connectivity index (χ0v) is 14.5. The van der Waals surface area contributed by atoms with Crippen LogP contribution in [-0.4, -0.2) is 17.2 Å². The largest absolute Gasteiger partial charge is 0.490 e. The molecule has 0 bridgehead atoms. The molecule has 0 aliphatic rings. The van der Waals surface area contributed by atoms with E-state index in [0.29, 0.717) is 6.42 Å². The molecule has 0 aliphatic carbocycles. The molecule has 0 saturated heterocycles. The SMILES string of the molecule is CC(C)Oc1ccc(CCC(=O)O)cc1-c1ccc2ccccc2c1. The normalized spacial score (nSPS) is 11.0. The van der Waals surface area contributed by atoms with Crippen molar-refractivity contribution in [3.8, 4) is 16.9 Å². The van der Waals surface area contributed by atoms with Gasteiger partial charge in [-0.25, -0.2) is 0 Å². The Bertz CT molecular complexity index is 897. The van der Waals surface area contributed by atoms with Crippen molar-refractivity contribution in [3.63, 3.8) is 0 Å². The molecule has 0 aliphatic heterocycles. The Balaban J connectivity index is 2.05. The maximum absolute atomic E-state index is 10.9. The van der Waals surface area contributed by atoms with Gasteiger partial charge in [0.15, 0.2) is 0 Å². The third kappa shape index (κ3) is 4.18. The third-order valence-electron chi connectivity index (χ3n) is 4.09. The van der Waals surface area contributed by atoms with Gasteiger partial charge >= 0.3 is 5.97 Å². The van der Waals surface area contributed by atoms with Crippen LogP contribution in [0.5, 0.6) is 5.75 Å². The maximum atomic E-state index is 10.9. The van der Waals surface area contributed by atoms with E-state index in [-0.39, 0.29) is 12.5 Å². The Morgan fingerprint density at radius 1 is 1.00 bits per heavy atom. The van der Waals surface area contributed by atoms with Crippen molar-refractivity contribution in [2.75, 3.05) is 0 Å². The van der Waals surface area contributed by atoms with Gasteiger partial charge < -0.3 is 9.84 Å². The fourth-order valence-electron chi connectivity index (χ4n) is 2.92. The van der Waals surface area contributed by atoms with Crippen molar-refractivity contribution in [1.82, 2.24) is 0 Å². The molecule has 3 aromatic rings. The highest BCUT2D eigenvalue weighted by Gasteiger charge is 2.11. The molecule has 0 spiro atoms. The number of hydrogen-bond acceptors (Lipinski definition) is 2. The summed E-state index contributed by atoms with van der Waals surface area (Å²) in [4.78, 5) is 10.9. The molecule has 0 atom stereocenters. The summed E-state index contributed by atoms with van der Waals surface area (Å²) in [6.45, 7) is 4.00. The fourth-order valence-corrected chi connectivity index (χ4v) is 2.92. The number of carboxylic acids is 1. The van der Waals surface area contributed by atoms with Crippen molar-refractivity contribution < 1.29 is 14.6 Å². The molecule has 0 radical (unpaired) electrons. The molecule has 3 rings (SSSR count). The summed E-state index contributed by atoms with van der Waals surface area (Å²) in [5.41, 5.74) is 3.08. The van der Waals surface area contributed by atoms with E-state index in [0.717, 1.165) is 22.4 Å². The summed E-state index contributed by atoms with van der Waals surface area (Å²) in [5.74, 6) is 0.0409. The average molecular weight is 334 g/mol. The molecule has 0 aromatic heterocycles. The highest BCUT2D eigenvalue weighted by atomic mass is 16.5. The van der Waals surface area contributed by atoms with Crippen LogP contribution in [0.1, 0.15) is 25.8 Å². The number of carbonyl (C=O) groups is 1. The second kappa shape index (κ2) is 7.39. The molecule has 3 heteroatoms. The van der Waals surface area contributed by atoms with Gasteiger partial charge in [0.05, 0.1) is 6.10 Å². The van der Waals surface area contributed by atoms with Crippen LogP contribution in [0.15, 0.2) is 60.7 Å². The molecule has 0 fully saturated rings. The Labute approximate surface area is 147 Å². The lowest BCUT2D eigenvalue weighted by atomic mass is 9.97. The van der Waals surface area contributed by atoms with E-state index in [1.54, 1.807) is 0 Å². The van der Waals surface area contributed by atoms with E-state index in [2.05, 4.69) is 30.3 Å². The first-order valence-corrected chi connectivity index (χ1v) is 8.53. The summed E-state index contributed by atoms with van der Waals surface area (Å²) in [6.07, 6.45) is 0.712. The third-order valence-corrected chi connectivity index (χ3v) is 4.09. The minimum Gasteiger partial charge on any atom is -0.490 e. The number of hydrogen-bond donors (Lipinski definition) is 1. The first-order chi connectivity index (χ1) is 12.0. The molecule has 25 heavy (non-hydrogen) atoms. The van der Waals surface area contributed by atoms with Gasteiger partial charge in [-0.2, -0.15) is 0 Å². The van der Waals surface area contributed by atoms with E-state index in [1.165, 1.54) is 10.8 Å². The fraction of sp³-hybridized carbons (Fsp3) is 0.227. The monoisotopic (exact) mass is 334 g/mol. The minimum absolute atomic E-state index is 0.0732. The number of carboxylic acid groups (broad SMARTS) is 1. The topological polar surface area (TPSA) is 46.5 Å². The van der Waals surface area contributed by atoms with Crippen molar-refractivity contribution in [2.24, 2.45) is 0 Å². The molecule has 3 aromatic carbocycles. The molecule has 128 valence electrons. The van der Waals surface area contributed by atoms with Gasteiger partial charge in [-0.15, -0.1) is 0 Å². The lowest BCUT2D eigenvalue weighted by Crippen LogP contribution is -2.07. The highest BCUT2D eigenvalue weighted by molar-refractivity contribution is 5.88.